The number of ether oxygens (including phenoxy) is 1. The number of nitrogens with one attached hydrogen (secondary N) is 2. The summed E-state index contributed by atoms with van der Waals surface area (Å²) in [6.07, 6.45) is 0. The van der Waals surface area contributed by atoms with Gasteiger partial charge in [-0.15, -0.1) is 0 Å². The van der Waals surface area contributed by atoms with Crippen LogP contribution in [0.25, 0.3) is 0 Å². The molecule has 1 aromatic heterocycles. The highest BCUT2D eigenvalue weighted by molar-refractivity contribution is 6.01. The molecule has 1 aliphatic rings. The van der Waals surface area contributed by atoms with Crippen LogP contribution in [-0.2, 0) is 22.6 Å². The number of amides is 3. The molecule has 0 aliphatic carbocycles. The van der Waals surface area contributed by atoms with E-state index in [1.807, 2.05) is 0 Å². The van der Waals surface area contributed by atoms with Gasteiger partial charge in [0.1, 0.15) is 17.1 Å². The van der Waals surface area contributed by atoms with Crippen LogP contribution in [0.15, 0.2) is 30.3 Å². The third-order valence-corrected chi connectivity index (χ3v) is 5.18. The third-order valence-electron chi connectivity index (χ3n) is 5.18. The van der Waals surface area contributed by atoms with E-state index in [0.717, 1.165) is 5.56 Å². The van der Waals surface area contributed by atoms with Crippen molar-refractivity contribution in [1.29, 1.82) is 0 Å². The summed E-state index contributed by atoms with van der Waals surface area (Å²) >= 11 is 0. The lowest BCUT2D eigenvalue weighted by Crippen LogP contribution is -2.62. The average Bonchev–Trinajstić information content (AvgIpc) is 3.15. The van der Waals surface area contributed by atoms with Crippen LogP contribution in [0.1, 0.15) is 33.5 Å². The first kappa shape index (κ1) is 21.4. The fraction of sp³-hybridized carbons (Fsp3) is 0.400. The summed E-state index contributed by atoms with van der Waals surface area (Å²) in [4.78, 5) is 39.3. The molecule has 1 aromatic carbocycles. The molecule has 10 heteroatoms. The minimum Gasteiger partial charge on any atom is -0.383 e. The van der Waals surface area contributed by atoms with Crippen LogP contribution < -0.4 is 10.6 Å². The van der Waals surface area contributed by atoms with E-state index in [2.05, 4.69) is 15.7 Å². The zero-order valence-electron chi connectivity index (χ0n) is 17.1. The van der Waals surface area contributed by atoms with Crippen molar-refractivity contribution >= 4 is 17.7 Å². The molecular weight excluding hydrogens is 393 g/mol. The van der Waals surface area contributed by atoms with E-state index in [1.165, 1.54) is 41.9 Å². The van der Waals surface area contributed by atoms with Crippen molar-refractivity contribution in [3.05, 3.63) is 53.1 Å². The summed E-state index contributed by atoms with van der Waals surface area (Å²) in [7, 11) is 3.06. The van der Waals surface area contributed by atoms with E-state index < -0.39 is 17.4 Å². The molecule has 0 radical (unpaired) electrons. The van der Waals surface area contributed by atoms with Crippen LogP contribution in [0.4, 0.5) is 4.39 Å². The maximum Gasteiger partial charge on any atom is 0.272 e. The van der Waals surface area contributed by atoms with Gasteiger partial charge in [0.15, 0.2) is 5.69 Å². The van der Waals surface area contributed by atoms with E-state index in [4.69, 9.17) is 4.74 Å². The van der Waals surface area contributed by atoms with Crippen LogP contribution in [-0.4, -0.2) is 65.2 Å². The number of methoxy groups -OCH3 is 1. The monoisotopic (exact) mass is 417 g/mol. The number of aromatic nitrogens is 2. The van der Waals surface area contributed by atoms with Gasteiger partial charge in [0.25, 0.3) is 11.8 Å². The molecule has 0 bridgehead atoms. The molecule has 0 unspecified atom stereocenters. The Kier molecular flexibility index (Phi) is 6.16. The summed E-state index contributed by atoms with van der Waals surface area (Å²) in [6, 6.07) is 7.20. The van der Waals surface area contributed by atoms with Crippen molar-refractivity contribution in [2.45, 2.75) is 25.6 Å². The molecular formula is C20H24FN5O4. The molecule has 30 heavy (non-hydrogen) atoms. The Hall–Kier alpha value is -3.27. The van der Waals surface area contributed by atoms with Gasteiger partial charge in [0, 0.05) is 33.3 Å². The van der Waals surface area contributed by atoms with Crippen LogP contribution in [0.5, 0.6) is 0 Å². The summed E-state index contributed by atoms with van der Waals surface area (Å²) in [5.41, 5.74) is -0.148. The molecule has 1 aliphatic heterocycles. The molecule has 0 fully saturated rings. The van der Waals surface area contributed by atoms with Crippen molar-refractivity contribution in [3.8, 4) is 0 Å². The number of carbonyl (C=O) groups excluding carboxylic acids is 3. The molecule has 0 saturated heterocycles. The van der Waals surface area contributed by atoms with Gasteiger partial charge in [-0.2, -0.15) is 5.10 Å². The van der Waals surface area contributed by atoms with E-state index in [0.29, 0.717) is 13.2 Å². The Balaban J connectivity index is 1.74. The summed E-state index contributed by atoms with van der Waals surface area (Å²) in [5.74, 6) is -1.58. The Morgan fingerprint density at radius 1 is 1.27 bits per heavy atom. The van der Waals surface area contributed by atoms with Gasteiger partial charge in [-0.3, -0.25) is 19.1 Å². The number of fused-ring (bicyclic) bond motifs is 1. The molecule has 2 aromatic rings. The van der Waals surface area contributed by atoms with Gasteiger partial charge in [-0.25, -0.2) is 4.39 Å². The van der Waals surface area contributed by atoms with Crippen molar-refractivity contribution in [2.75, 3.05) is 27.3 Å². The number of benzene rings is 1. The summed E-state index contributed by atoms with van der Waals surface area (Å²) < 4.78 is 19.3. The quantitative estimate of drug-likeness (QED) is 0.641. The Labute approximate surface area is 173 Å². The van der Waals surface area contributed by atoms with Crippen LogP contribution in [0.2, 0.25) is 0 Å². The minimum atomic E-state index is -1.21. The highest BCUT2D eigenvalue weighted by Gasteiger charge is 2.46. The predicted molar refractivity (Wildman–Crippen MR) is 105 cm³/mol. The number of carbonyl (C=O) groups is 3. The van der Waals surface area contributed by atoms with Gasteiger partial charge >= 0.3 is 0 Å². The highest BCUT2D eigenvalue weighted by Crippen LogP contribution is 2.26. The standard InChI is InChI=1S/C20H24FN5O4/c1-20(19(29)23-11-13-4-6-14(21)7-5-13)12-26-16(18(28)25(20)2)10-15(24-26)17(27)22-8-9-30-3/h4-7,10H,8-9,11-12H2,1-3H3,(H,22,27)(H,23,29)/t20-/m0/s1. The van der Waals surface area contributed by atoms with Gasteiger partial charge in [-0.1, -0.05) is 12.1 Å². The molecule has 1 atom stereocenters. The Morgan fingerprint density at radius 2 is 1.97 bits per heavy atom. The topological polar surface area (TPSA) is 106 Å². The van der Waals surface area contributed by atoms with Crippen molar-refractivity contribution < 1.29 is 23.5 Å². The van der Waals surface area contributed by atoms with Gasteiger partial charge in [0.05, 0.1) is 13.2 Å². The van der Waals surface area contributed by atoms with E-state index in [9.17, 15) is 18.8 Å². The lowest BCUT2D eigenvalue weighted by Gasteiger charge is -2.40. The fourth-order valence-corrected chi connectivity index (χ4v) is 3.17. The molecule has 3 amide bonds. The van der Waals surface area contributed by atoms with Gasteiger partial charge in [0.2, 0.25) is 5.91 Å². The zero-order valence-corrected chi connectivity index (χ0v) is 17.1. The van der Waals surface area contributed by atoms with Crippen molar-refractivity contribution in [1.82, 2.24) is 25.3 Å². The maximum absolute atomic E-state index is 13.0. The fourth-order valence-electron chi connectivity index (χ4n) is 3.17. The number of halogens is 1. The number of hydrogen-bond donors (Lipinski definition) is 2. The number of hydrogen-bond acceptors (Lipinski definition) is 5. The van der Waals surface area contributed by atoms with Crippen LogP contribution >= 0.6 is 0 Å². The number of likely N-dealkylation sites (N-methyl/N-ethyl adjacent to an activating group) is 1. The maximum atomic E-state index is 13.0. The first-order chi connectivity index (χ1) is 14.3. The molecule has 9 nitrogen and oxygen atoms in total. The summed E-state index contributed by atoms with van der Waals surface area (Å²) in [6.45, 7) is 2.58. The summed E-state index contributed by atoms with van der Waals surface area (Å²) in [5, 5.41) is 9.65. The van der Waals surface area contributed by atoms with Gasteiger partial charge < -0.3 is 20.3 Å². The van der Waals surface area contributed by atoms with Gasteiger partial charge in [-0.05, 0) is 24.6 Å². The molecule has 2 heterocycles. The molecule has 3 rings (SSSR count). The number of rotatable bonds is 7. The van der Waals surface area contributed by atoms with Crippen molar-refractivity contribution in [2.24, 2.45) is 0 Å². The van der Waals surface area contributed by atoms with E-state index in [-0.39, 0.29) is 36.2 Å². The smallest absolute Gasteiger partial charge is 0.272 e. The highest BCUT2D eigenvalue weighted by atomic mass is 19.1. The Morgan fingerprint density at radius 3 is 2.63 bits per heavy atom. The molecule has 2 N–H and O–H groups in total. The third kappa shape index (κ3) is 4.18. The Bertz CT molecular complexity index is 959. The first-order valence-corrected chi connectivity index (χ1v) is 9.42. The lowest BCUT2D eigenvalue weighted by molar-refractivity contribution is -0.132. The molecule has 0 spiro atoms. The van der Waals surface area contributed by atoms with E-state index in [1.54, 1.807) is 19.1 Å². The second-order valence-electron chi connectivity index (χ2n) is 7.27. The number of nitrogens with zero attached hydrogens (tertiary/aromatic N) is 3. The van der Waals surface area contributed by atoms with Crippen LogP contribution in [0.3, 0.4) is 0 Å². The largest absolute Gasteiger partial charge is 0.383 e. The average molecular weight is 417 g/mol. The second-order valence-corrected chi connectivity index (χ2v) is 7.27. The second kappa shape index (κ2) is 8.62. The molecule has 0 saturated carbocycles. The van der Waals surface area contributed by atoms with Crippen molar-refractivity contribution in [3.63, 3.8) is 0 Å². The molecule has 160 valence electrons. The predicted octanol–water partition coefficient (Wildman–Crippen LogP) is 0.559. The van der Waals surface area contributed by atoms with Crippen LogP contribution in [0, 0.1) is 5.82 Å². The zero-order chi connectivity index (χ0) is 21.9. The SMILES string of the molecule is COCCNC(=O)c1cc2n(n1)C[C@@](C)(C(=O)NCc1ccc(F)cc1)N(C)C2=O. The van der Waals surface area contributed by atoms with E-state index >= 15 is 0 Å². The normalized spacial score (nSPS) is 18.1. The lowest BCUT2D eigenvalue weighted by atomic mass is 9.96. The minimum absolute atomic E-state index is 0.0885. The first-order valence-electron chi connectivity index (χ1n) is 9.42.